The molecule has 0 spiro atoms. The van der Waals surface area contributed by atoms with Gasteiger partial charge in [-0.15, -0.1) is 0 Å². The highest BCUT2D eigenvalue weighted by molar-refractivity contribution is 7.86. The molecule has 0 amide bonds. The van der Waals surface area contributed by atoms with Crippen LogP contribution in [0.1, 0.15) is 5.56 Å². The Morgan fingerprint density at radius 3 is 2.35 bits per heavy atom. The Morgan fingerprint density at radius 1 is 1.25 bits per heavy atom. The van der Waals surface area contributed by atoms with Crippen molar-refractivity contribution < 1.29 is 32.7 Å². The van der Waals surface area contributed by atoms with Gasteiger partial charge in [0.25, 0.3) is 10.1 Å². The van der Waals surface area contributed by atoms with Gasteiger partial charge in [0.15, 0.2) is 12.4 Å². The normalized spacial score (nSPS) is 30.6. The minimum atomic E-state index is -4.14. The van der Waals surface area contributed by atoms with Gasteiger partial charge in [-0.1, -0.05) is 17.7 Å². The number of aliphatic hydroxyl groups excluding tert-OH is 3. The molecule has 4 atom stereocenters. The van der Waals surface area contributed by atoms with Gasteiger partial charge in [0.1, 0.15) is 12.2 Å². The molecule has 1 heterocycles. The SMILES string of the molecule is Cc1ccc(S(=O)(=O)O[C@H]2[C@@H](O)[C@H](CO)O[C@@H]2O)cc1. The maximum Gasteiger partial charge on any atom is 0.297 e. The molecule has 1 fully saturated rings. The number of benzene rings is 1. The molecule has 0 unspecified atom stereocenters. The van der Waals surface area contributed by atoms with Crippen molar-refractivity contribution in [2.75, 3.05) is 6.61 Å². The fourth-order valence-corrected chi connectivity index (χ4v) is 2.96. The quantitative estimate of drug-likeness (QED) is 0.620. The van der Waals surface area contributed by atoms with Crippen molar-refractivity contribution in [2.24, 2.45) is 0 Å². The predicted octanol–water partition coefficient (Wildman–Crippen LogP) is -0.861. The highest BCUT2D eigenvalue weighted by Crippen LogP contribution is 2.26. The number of hydrogen-bond donors (Lipinski definition) is 3. The summed E-state index contributed by atoms with van der Waals surface area (Å²) < 4.78 is 33.7. The van der Waals surface area contributed by atoms with Crippen molar-refractivity contribution in [3.63, 3.8) is 0 Å². The van der Waals surface area contributed by atoms with Crippen LogP contribution in [0.5, 0.6) is 0 Å². The molecule has 1 saturated heterocycles. The van der Waals surface area contributed by atoms with Crippen LogP contribution in [-0.2, 0) is 19.0 Å². The van der Waals surface area contributed by atoms with E-state index in [0.717, 1.165) is 5.56 Å². The lowest BCUT2D eigenvalue weighted by atomic mass is 10.1. The van der Waals surface area contributed by atoms with Crippen LogP contribution < -0.4 is 0 Å². The zero-order valence-electron chi connectivity index (χ0n) is 10.7. The molecule has 1 aromatic carbocycles. The maximum absolute atomic E-state index is 12.0. The first-order chi connectivity index (χ1) is 9.35. The highest BCUT2D eigenvalue weighted by atomic mass is 32.2. The van der Waals surface area contributed by atoms with Crippen LogP contribution in [0.3, 0.4) is 0 Å². The Kier molecular flexibility index (Phi) is 4.43. The number of aryl methyl sites for hydroxylation is 1. The van der Waals surface area contributed by atoms with Crippen molar-refractivity contribution in [3.05, 3.63) is 29.8 Å². The largest absolute Gasteiger partial charge is 0.394 e. The first-order valence-corrected chi connectivity index (χ1v) is 7.38. The summed E-state index contributed by atoms with van der Waals surface area (Å²) in [5.41, 5.74) is 0.883. The molecule has 7 nitrogen and oxygen atoms in total. The lowest BCUT2D eigenvalue weighted by Crippen LogP contribution is -2.37. The molecule has 1 aliphatic rings. The summed E-state index contributed by atoms with van der Waals surface area (Å²) in [5, 5.41) is 28.2. The summed E-state index contributed by atoms with van der Waals surface area (Å²) in [6.07, 6.45) is -5.61. The number of rotatable bonds is 4. The van der Waals surface area contributed by atoms with E-state index in [9.17, 15) is 18.6 Å². The Labute approximate surface area is 116 Å². The van der Waals surface area contributed by atoms with E-state index in [1.54, 1.807) is 19.1 Å². The second kappa shape index (κ2) is 5.76. The smallest absolute Gasteiger partial charge is 0.297 e. The van der Waals surface area contributed by atoms with Gasteiger partial charge in [0, 0.05) is 0 Å². The minimum absolute atomic E-state index is 0.0880. The third-order valence-corrected chi connectivity index (χ3v) is 4.37. The topological polar surface area (TPSA) is 113 Å². The molecular formula is C12H16O7S. The highest BCUT2D eigenvalue weighted by Gasteiger charge is 2.46. The van der Waals surface area contributed by atoms with Crippen LogP contribution in [0.15, 0.2) is 29.2 Å². The van der Waals surface area contributed by atoms with Crippen molar-refractivity contribution in [1.29, 1.82) is 0 Å². The monoisotopic (exact) mass is 304 g/mol. The summed E-state index contributed by atoms with van der Waals surface area (Å²) in [7, 11) is -4.14. The van der Waals surface area contributed by atoms with E-state index in [1.165, 1.54) is 12.1 Å². The fourth-order valence-electron chi connectivity index (χ4n) is 1.88. The molecule has 0 aliphatic carbocycles. The van der Waals surface area contributed by atoms with Gasteiger partial charge < -0.3 is 20.1 Å². The van der Waals surface area contributed by atoms with Gasteiger partial charge in [0.2, 0.25) is 0 Å². The third kappa shape index (κ3) is 3.00. The Balaban J connectivity index is 2.18. The molecule has 112 valence electrons. The van der Waals surface area contributed by atoms with Crippen LogP contribution in [0.25, 0.3) is 0 Å². The maximum atomic E-state index is 12.0. The molecule has 0 saturated carbocycles. The first-order valence-electron chi connectivity index (χ1n) is 5.97. The fraction of sp³-hybridized carbons (Fsp3) is 0.500. The number of aliphatic hydroxyl groups is 3. The van der Waals surface area contributed by atoms with Gasteiger partial charge in [-0.25, -0.2) is 0 Å². The molecular weight excluding hydrogens is 288 g/mol. The lowest BCUT2D eigenvalue weighted by molar-refractivity contribution is -0.127. The molecule has 0 aromatic heterocycles. The lowest BCUT2D eigenvalue weighted by Gasteiger charge is -2.17. The van der Waals surface area contributed by atoms with E-state index in [2.05, 4.69) is 0 Å². The third-order valence-electron chi connectivity index (χ3n) is 3.04. The predicted molar refractivity (Wildman–Crippen MR) is 67.2 cm³/mol. The molecule has 1 aliphatic heterocycles. The van der Waals surface area contributed by atoms with Crippen molar-refractivity contribution in [1.82, 2.24) is 0 Å². The van der Waals surface area contributed by atoms with Crippen LogP contribution in [0.2, 0.25) is 0 Å². The van der Waals surface area contributed by atoms with Crippen LogP contribution in [-0.4, -0.2) is 54.9 Å². The standard InChI is InChI=1S/C12H16O7S/c1-7-2-4-8(5-3-7)20(16,17)19-11-10(14)9(6-13)18-12(11)15/h2-5,9-15H,6H2,1H3/t9-,10-,11-,12-/m0/s1. The molecule has 0 bridgehead atoms. The molecule has 20 heavy (non-hydrogen) atoms. The van der Waals surface area contributed by atoms with E-state index in [1.807, 2.05) is 0 Å². The molecule has 2 rings (SSSR count). The Hall–Kier alpha value is -1.03. The van der Waals surface area contributed by atoms with Crippen molar-refractivity contribution in [3.8, 4) is 0 Å². The van der Waals surface area contributed by atoms with Gasteiger partial charge in [-0.2, -0.15) is 8.42 Å². The molecule has 1 aromatic rings. The number of ether oxygens (including phenoxy) is 1. The average Bonchev–Trinajstić information content (AvgIpc) is 2.66. The van der Waals surface area contributed by atoms with Gasteiger partial charge in [-0.05, 0) is 19.1 Å². The van der Waals surface area contributed by atoms with Gasteiger partial charge >= 0.3 is 0 Å². The summed E-state index contributed by atoms with van der Waals surface area (Å²) in [6.45, 7) is 1.25. The second-order valence-electron chi connectivity index (χ2n) is 4.57. The average molecular weight is 304 g/mol. The van der Waals surface area contributed by atoms with E-state index in [-0.39, 0.29) is 4.90 Å². The summed E-state index contributed by atoms with van der Waals surface area (Å²) in [4.78, 5) is -0.0880. The summed E-state index contributed by atoms with van der Waals surface area (Å²) in [5.74, 6) is 0. The van der Waals surface area contributed by atoms with Crippen LogP contribution in [0.4, 0.5) is 0 Å². The van der Waals surface area contributed by atoms with E-state index < -0.39 is 41.3 Å². The molecule has 8 heteroatoms. The van der Waals surface area contributed by atoms with Crippen LogP contribution in [0, 0.1) is 6.92 Å². The zero-order valence-corrected chi connectivity index (χ0v) is 11.5. The Morgan fingerprint density at radius 2 is 1.85 bits per heavy atom. The van der Waals surface area contributed by atoms with Crippen molar-refractivity contribution in [2.45, 2.75) is 36.4 Å². The van der Waals surface area contributed by atoms with Gasteiger partial charge in [0.05, 0.1) is 11.5 Å². The van der Waals surface area contributed by atoms with Gasteiger partial charge in [-0.3, -0.25) is 4.18 Å². The summed E-state index contributed by atoms with van der Waals surface area (Å²) >= 11 is 0. The second-order valence-corrected chi connectivity index (χ2v) is 6.14. The molecule has 0 radical (unpaired) electrons. The zero-order chi connectivity index (χ0) is 14.9. The van der Waals surface area contributed by atoms with E-state index >= 15 is 0 Å². The van der Waals surface area contributed by atoms with E-state index in [4.69, 9.17) is 14.0 Å². The minimum Gasteiger partial charge on any atom is -0.394 e. The Bertz CT molecular complexity index is 554. The van der Waals surface area contributed by atoms with E-state index in [0.29, 0.717) is 0 Å². The molecule has 3 N–H and O–H groups in total. The summed E-state index contributed by atoms with van der Waals surface area (Å²) in [6, 6.07) is 5.93. The first kappa shape index (κ1) is 15.4. The number of hydrogen-bond acceptors (Lipinski definition) is 7. The van der Waals surface area contributed by atoms with Crippen LogP contribution >= 0.6 is 0 Å². The van der Waals surface area contributed by atoms with Crippen molar-refractivity contribution >= 4 is 10.1 Å².